The number of carbonyl (C=O) groups is 1. The van der Waals surface area contributed by atoms with Gasteiger partial charge in [0, 0.05) is 10.7 Å². The van der Waals surface area contributed by atoms with Crippen LogP contribution in [0.1, 0.15) is 18.5 Å². The van der Waals surface area contributed by atoms with Gasteiger partial charge in [-0.05, 0) is 61.0 Å². The maximum Gasteiger partial charge on any atom is 0.415 e. The van der Waals surface area contributed by atoms with Crippen LogP contribution < -0.4 is 9.64 Å². The van der Waals surface area contributed by atoms with Crippen LogP contribution in [0.2, 0.25) is 5.02 Å². The number of halogens is 1. The summed E-state index contributed by atoms with van der Waals surface area (Å²) in [5.74, 6) is 1.38. The Hall–Kier alpha value is -2.98. The Balaban J connectivity index is 1.58. The predicted molar refractivity (Wildman–Crippen MR) is 106 cm³/mol. The van der Waals surface area contributed by atoms with Gasteiger partial charge in [0.2, 0.25) is 0 Å². The van der Waals surface area contributed by atoms with Crippen LogP contribution in [0.15, 0.2) is 78.9 Å². The zero-order chi connectivity index (χ0) is 18.8. The van der Waals surface area contributed by atoms with E-state index in [1.165, 1.54) is 0 Å². The first kappa shape index (κ1) is 17.4. The molecule has 1 amide bonds. The quantitative estimate of drug-likeness (QED) is 0.540. The summed E-state index contributed by atoms with van der Waals surface area (Å²) in [6.07, 6.45) is -0.576. The van der Waals surface area contributed by atoms with Crippen molar-refractivity contribution in [2.75, 3.05) is 4.90 Å². The summed E-state index contributed by atoms with van der Waals surface area (Å²) in [5.41, 5.74) is 1.80. The summed E-state index contributed by atoms with van der Waals surface area (Å²) in [4.78, 5) is 14.1. The Labute approximate surface area is 162 Å². The highest BCUT2D eigenvalue weighted by Gasteiger charge is 2.41. The van der Waals surface area contributed by atoms with E-state index < -0.39 is 0 Å². The second-order valence-electron chi connectivity index (χ2n) is 6.36. The number of rotatable bonds is 4. The summed E-state index contributed by atoms with van der Waals surface area (Å²) in [6.45, 7) is 1.91. The van der Waals surface area contributed by atoms with Crippen LogP contribution in [0, 0.1) is 0 Å². The molecule has 0 N–H and O–H groups in total. The van der Waals surface area contributed by atoms with Crippen LogP contribution in [-0.2, 0) is 4.74 Å². The number of hydrogen-bond donors (Lipinski definition) is 0. The van der Waals surface area contributed by atoms with Crippen LogP contribution in [0.25, 0.3) is 0 Å². The summed E-state index contributed by atoms with van der Waals surface area (Å²) in [7, 11) is 0. The van der Waals surface area contributed by atoms with E-state index in [4.69, 9.17) is 21.1 Å². The van der Waals surface area contributed by atoms with Crippen molar-refractivity contribution in [2.24, 2.45) is 0 Å². The Bertz CT molecular complexity index is 926. The Kier molecular flexibility index (Phi) is 4.73. The standard InChI is InChI=1S/C22H18ClNO3/c1-15-21(16-5-3-2-4-6-16)24(22(25)26-15)18-9-13-20(14-10-18)27-19-11-7-17(23)8-12-19/h2-15,21H,1H3/t15-,21-/m1/s1. The maximum atomic E-state index is 12.4. The third-order valence-electron chi connectivity index (χ3n) is 4.51. The number of nitrogens with zero attached hydrogens (tertiary/aromatic N) is 1. The molecule has 0 saturated carbocycles. The second kappa shape index (κ2) is 7.33. The molecule has 1 aliphatic rings. The van der Waals surface area contributed by atoms with E-state index in [0.29, 0.717) is 16.5 Å². The topological polar surface area (TPSA) is 38.8 Å². The molecule has 3 aromatic rings. The lowest BCUT2D eigenvalue weighted by Crippen LogP contribution is -2.28. The normalized spacial score (nSPS) is 19.0. The Morgan fingerprint density at radius 3 is 2.11 bits per heavy atom. The van der Waals surface area contributed by atoms with Gasteiger partial charge < -0.3 is 9.47 Å². The summed E-state index contributed by atoms with van der Waals surface area (Å²) >= 11 is 5.89. The first-order valence-corrected chi connectivity index (χ1v) is 9.08. The Morgan fingerprint density at radius 1 is 0.889 bits per heavy atom. The molecule has 0 bridgehead atoms. The molecule has 1 aliphatic heterocycles. The lowest BCUT2D eigenvalue weighted by molar-refractivity contribution is 0.141. The zero-order valence-corrected chi connectivity index (χ0v) is 15.5. The van der Waals surface area contributed by atoms with Gasteiger partial charge in [0.1, 0.15) is 23.6 Å². The van der Waals surface area contributed by atoms with Crippen LogP contribution in [0.3, 0.4) is 0 Å². The molecule has 0 unspecified atom stereocenters. The van der Waals surface area contributed by atoms with Gasteiger partial charge in [0.15, 0.2) is 0 Å². The van der Waals surface area contributed by atoms with E-state index >= 15 is 0 Å². The third kappa shape index (κ3) is 3.62. The minimum Gasteiger partial charge on any atom is -0.457 e. The molecule has 5 heteroatoms. The van der Waals surface area contributed by atoms with Gasteiger partial charge in [-0.15, -0.1) is 0 Å². The van der Waals surface area contributed by atoms with Gasteiger partial charge in [-0.3, -0.25) is 4.90 Å². The predicted octanol–water partition coefficient (Wildman–Crippen LogP) is 6.22. The number of hydrogen-bond acceptors (Lipinski definition) is 3. The minimum absolute atomic E-state index is 0.165. The van der Waals surface area contributed by atoms with E-state index in [1.807, 2.05) is 61.5 Å². The lowest BCUT2D eigenvalue weighted by atomic mass is 10.0. The SMILES string of the molecule is C[C@H]1OC(=O)N(c2ccc(Oc3ccc(Cl)cc3)cc2)[C@H]1c1ccccc1. The molecule has 1 saturated heterocycles. The zero-order valence-electron chi connectivity index (χ0n) is 14.7. The van der Waals surface area contributed by atoms with Gasteiger partial charge >= 0.3 is 6.09 Å². The molecule has 27 heavy (non-hydrogen) atoms. The number of ether oxygens (including phenoxy) is 2. The van der Waals surface area contributed by atoms with Crippen LogP contribution in [0.4, 0.5) is 10.5 Å². The molecule has 0 radical (unpaired) electrons. The fourth-order valence-corrected chi connectivity index (χ4v) is 3.38. The molecular formula is C22H18ClNO3. The summed E-state index contributed by atoms with van der Waals surface area (Å²) in [6, 6.07) is 24.3. The average Bonchev–Trinajstić information content (AvgIpc) is 2.99. The molecule has 0 spiro atoms. The van der Waals surface area contributed by atoms with Crippen molar-refractivity contribution in [1.29, 1.82) is 0 Å². The van der Waals surface area contributed by atoms with E-state index in [2.05, 4.69) is 0 Å². The monoisotopic (exact) mass is 379 g/mol. The molecule has 3 aromatic carbocycles. The highest BCUT2D eigenvalue weighted by atomic mass is 35.5. The van der Waals surface area contributed by atoms with Crippen molar-refractivity contribution in [2.45, 2.75) is 19.1 Å². The number of anilines is 1. The van der Waals surface area contributed by atoms with Gasteiger partial charge in [-0.1, -0.05) is 41.9 Å². The first-order valence-electron chi connectivity index (χ1n) is 8.70. The molecule has 1 heterocycles. The average molecular weight is 380 g/mol. The molecule has 0 aliphatic carbocycles. The van der Waals surface area contributed by atoms with Crippen molar-refractivity contribution in [3.8, 4) is 11.5 Å². The highest BCUT2D eigenvalue weighted by Crippen LogP contribution is 2.38. The molecule has 4 nitrogen and oxygen atoms in total. The number of amides is 1. The molecule has 0 aromatic heterocycles. The molecule has 2 atom stereocenters. The fraction of sp³-hybridized carbons (Fsp3) is 0.136. The maximum absolute atomic E-state index is 12.4. The minimum atomic E-state index is -0.345. The van der Waals surface area contributed by atoms with E-state index in [1.54, 1.807) is 29.2 Å². The molecule has 4 rings (SSSR count). The van der Waals surface area contributed by atoms with Gasteiger partial charge in [0.05, 0.1) is 0 Å². The molecule has 1 fully saturated rings. The summed E-state index contributed by atoms with van der Waals surface area (Å²) in [5, 5.41) is 0.659. The van der Waals surface area contributed by atoms with Crippen molar-refractivity contribution >= 4 is 23.4 Å². The van der Waals surface area contributed by atoms with Gasteiger partial charge in [-0.25, -0.2) is 4.79 Å². The van der Waals surface area contributed by atoms with E-state index in [0.717, 1.165) is 11.3 Å². The lowest BCUT2D eigenvalue weighted by Gasteiger charge is -2.24. The largest absolute Gasteiger partial charge is 0.457 e. The number of carbonyl (C=O) groups excluding carboxylic acids is 1. The van der Waals surface area contributed by atoms with E-state index in [9.17, 15) is 4.79 Å². The van der Waals surface area contributed by atoms with Crippen molar-refractivity contribution in [3.63, 3.8) is 0 Å². The third-order valence-corrected chi connectivity index (χ3v) is 4.76. The van der Waals surface area contributed by atoms with Crippen molar-refractivity contribution in [1.82, 2.24) is 0 Å². The molecular weight excluding hydrogens is 362 g/mol. The highest BCUT2D eigenvalue weighted by molar-refractivity contribution is 6.30. The second-order valence-corrected chi connectivity index (χ2v) is 6.80. The van der Waals surface area contributed by atoms with Crippen molar-refractivity contribution in [3.05, 3.63) is 89.4 Å². The van der Waals surface area contributed by atoms with E-state index in [-0.39, 0.29) is 18.2 Å². The Morgan fingerprint density at radius 2 is 1.48 bits per heavy atom. The van der Waals surface area contributed by atoms with Gasteiger partial charge in [-0.2, -0.15) is 0 Å². The number of benzene rings is 3. The van der Waals surface area contributed by atoms with Crippen LogP contribution in [-0.4, -0.2) is 12.2 Å². The number of cyclic esters (lactones) is 1. The fourth-order valence-electron chi connectivity index (χ4n) is 3.25. The van der Waals surface area contributed by atoms with Crippen LogP contribution in [0.5, 0.6) is 11.5 Å². The first-order chi connectivity index (χ1) is 13.1. The summed E-state index contributed by atoms with van der Waals surface area (Å²) < 4.78 is 11.3. The van der Waals surface area contributed by atoms with Crippen molar-refractivity contribution < 1.29 is 14.3 Å². The smallest absolute Gasteiger partial charge is 0.415 e. The molecule has 136 valence electrons. The van der Waals surface area contributed by atoms with Gasteiger partial charge in [0.25, 0.3) is 0 Å². The van der Waals surface area contributed by atoms with Crippen LogP contribution >= 0.6 is 11.6 Å².